The lowest BCUT2D eigenvalue weighted by Gasteiger charge is -2.09. The van der Waals surface area contributed by atoms with Gasteiger partial charge in [-0.25, -0.2) is 9.37 Å². The maximum Gasteiger partial charge on any atom is 0.146 e. The smallest absolute Gasteiger partial charge is 0.146 e. The first-order valence-corrected chi connectivity index (χ1v) is 5.01. The van der Waals surface area contributed by atoms with Crippen molar-refractivity contribution < 1.29 is 9.13 Å². The van der Waals surface area contributed by atoms with Crippen molar-refractivity contribution in [3.63, 3.8) is 0 Å². The number of methoxy groups -OCH3 is 1. The molecule has 17 heavy (non-hydrogen) atoms. The summed E-state index contributed by atoms with van der Waals surface area (Å²) in [5.74, 6) is 0.593. The maximum absolute atomic E-state index is 13.5. The van der Waals surface area contributed by atoms with Gasteiger partial charge in [0.2, 0.25) is 0 Å². The topological polar surface area (TPSA) is 60.2 Å². The third-order valence-corrected chi connectivity index (χ3v) is 2.23. The fraction of sp³-hybridized carbons (Fsp3) is 0.0833. The second-order valence-corrected chi connectivity index (χ2v) is 3.44. The molecule has 0 aliphatic heterocycles. The van der Waals surface area contributed by atoms with Crippen molar-refractivity contribution in [1.29, 1.82) is 0 Å². The van der Waals surface area contributed by atoms with Crippen molar-refractivity contribution in [3.8, 4) is 5.75 Å². The molecule has 1 aromatic carbocycles. The minimum atomic E-state index is -0.360. The van der Waals surface area contributed by atoms with Crippen LogP contribution in [-0.2, 0) is 0 Å². The van der Waals surface area contributed by atoms with Gasteiger partial charge in [-0.1, -0.05) is 0 Å². The van der Waals surface area contributed by atoms with Gasteiger partial charge in [-0.2, -0.15) is 0 Å². The quantitative estimate of drug-likeness (QED) is 0.855. The molecule has 88 valence electrons. The van der Waals surface area contributed by atoms with Gasteiger partial charge in [0.1, 0.15) is 17.4 Å². The van der Waals surface area contributed by atoms with Crippen LogP contribution < -0.4 is 15.8 Å². The van der Waals surface area contributed by atoms with E-state index in [4.69, 9.17) is 10.5 Å². The molecule has 0 unspecified atom stereocenters. The van der Waals surface area contributed by atoms with Crippen LogP contribution in [-0.4, -0.2) is 12.1 Å². The van der Waals surface area contributed by atoms with E-state index in [2.05, 4.69) is 10.3 Å². The number of nitrogens with two attached hydrogens (primary N) is 1. The van der Waals surface area contributed by atoms with Crippen LogP contribution in [0.5, 0.6) is 5.75 Å². The van der Waals surface area contributed by atoms with E-state index in [0.29, 0.717) is 22.9 Å². The van der Waals surface area contributed by atoms with Crippen molar-refractivity contribution in [2.45, 2.75) is 0 Å². The van der Waals surface area contributed by atoms with E-state index in [0.717, 1.165) is 0 Å². The Morgan fingerprint density at radius 1 is 1.29 bits per heavy atom. The predicted octanol–water partition coefficient (Wildman–Crippen LogP) is 2.56. The van der Waals surface area contributed by atoms with Crippen LogP contribution in [0.1, 0.15) is 0 Å². The predicted molar refractivity (Wildman–Crippen MR) is 64.9 cm³/mol. The van der Waals surface area contributed by atoms with Crippen LogP contribution in [0.25, 0.3) is 0 Å². The van der Waals surface area contributed by atoms with Crippen molar-refractivity contribution >= 4 is 17.2 Å². The molecule has 1 aromatic heterocycles. The lowest BCUT2D eigenvalue weighted by atomic mass is 10.2. The molecule has 4 nitrogen and oxygen atoms in total. The number of benzene rings is 1. The Labute approximate surface area is 98.2 Å². The van der Waals surface area contributed by atoms with Crippen molar-refractivity contribution in [1.82, 2.24) is 4.98 Å². The number of nitrogens with zero attached hydrogens (tertiary/aromatic N) is 1. The Hall–Kier alpha value is -2.30. The van der Waals surface area contributed by atoms with Gasteiger partial charge in [0.25, 0.3) is 0 Å². The molecular weight excluding hydrogens is 221 g/mol. The van der Waals surface area contributed by atoms with Crippen LogP contribution in [0.2, 0.25) is 0 Å². The maximum atomic E-state index is 13.5. The molecule has 2 rings (SSSR count). The summed E-state index contributed by atoms with van der Waals surface area (Å²) in [5, 5.41) is 2.91. The number of halogens is 1. The summed E-state index contributed by atoms with van der Waals surface area (Å²) in [6, 6.07) is 7.80. The lowest BCUT2D eigenvalue weighted by molar-refractivity contribution is 0.414. The molecule has 0 bridgehead atoms. The molecule has 0 spiro atoms. The molecule has 5 heteroatoms. The largest absolute Gasteiger partial charge is 0.497 e. The summed E-state index contributed by atoms with van der Waals surface area (Å²) in [6.45, 7) is 0. The molecule has 0 aliphatic rings. The minimum Gasteiger partial charge on any atom is -0.497 e. The fourth-order valence-electron chi connectivity index (χ4n) is 1.41. The first-order valence-electron chi connectivity index (χ1n) is 5.01. The number of rotatable bonds is 3. The molecule has 3 N–H and O–H groups in total. The number of nitrogens with one attached hydrogen (secondary N) is 1. The van der Waals surface area contributed by atoms with Gasteiger partial charge in [0.05, 0.1) is 12.8 Å². The average Bonchev–Trinajstić information content (AvgIpc) is 2.32. The Balaban J connectivity index is 2.29. The van der Waals surface area contributed by atoms with E-state index in [-0.39, 0.29) is 5.82 Å². The van der Waals surface area contributed by atoms with Gasteiger partial charge in [0, 0.05) is 24.0 Å². The highest BCUT2D eigenvalue weighted by Gasteiger charge is 2.04. The number of ether oxygens (including phenoxy) is 1. The number of hydrogen-bond acceptors (Lipinski definition) is 4. The van der Waals surface area contributed by atoms with Crippen LogP contribution in [0.15, 0.2) is 36.5 Å². The second kappa shape index (κ2) is 4.69. The highest BCUT2D eigenvalue weighted by atomic mass is 19.1. The Bertz CT molecular complexity index is 531. The third kappa shape index (κ3) is 2.63. The third-order valence-electron chi connectivity index (χ3n) is 2.23. The van der Waals surface area contributed by atoms with Crippen molar-refractivity contribution in [3.05, 3.63) is 42.3 Å². The highest BCUT2D eigenvalue weighted by Crippen LogP contribution is 2.24. The molecule has 0 atom stereocenters. The van der Waals surface area contributed by atoms with E-state index in [1.807, 2.05) is 0 Å². The van der Waals surface area contributed by atoms with Crippen molar-refractivity contribution in [2.24, 2.45) is 0 Å². The van der Waals surface area contributed by atoms with Gasteiger partial charge < -0.3 is 15.8 Å². The summed E-state index contributed by atoms with van der Waals surface area (Å²) < 4.78 is 18.6. The zero-order valence-electron chi connectivity index (χ0n) is 9.27. The first-order chi connectivity index (χ1) is 8.19. The molecule has 0 saturated heterocycles. The van der Waals surface area contributed by atoms with Crippen LogP contribution >= 0.6 is 0 Å². The van der Waals surface area contributed by atoms with Gasteiger partial charge in [0.15, 0.2) is 0 Å². The first kappa shape index (κ1) is 11.2. The van der Waals surface area contributed by atoms with Crippen LogP contribution in [0, 0.1) is 5.82 Å². The monoisotopic (exact) mass is 233 g/mol. The molecule has 0 fully saturated rings. The van der Waals surface area contributed by atoms with E-state index in [1.165, 1.54) is 13.2 Å². The molecule has 0 aliphatic carbocycles. The minimum absolute atomic E-state index is 0.329. The number of hydrogen-bond donors (Lipinski definition) is 2. The van der Waals surface area contributed by atoms with E-state index in [1.54, 1.807) is 30.5 Å². The summed E-state index contributed by atoms with van der Waals surface area (Å²) >= 11 is 0. The van der Waals surface area contributed by atoms with Crippen LogP contribution in [0.3, 0.4) is 0 Å². The normalized spacial score (nSPS) is 10.0. The molecule has 1 heterocycles. The Morgan fingerprint density at radius 3 is 2.82 bits per heavy atom. The molecule has 0 radical (unpaired) electrons. The molecule has 2 aromatic rings. The summed E-state index contributed by atoms with van der Waals surface area (Å²) in [5.41, 5.74) is 6.54. The highest BCUT2D eigenvalue weighted by molar-refractivity contribution is 5.63. The summed E-state index contributed by atoms with van der Waals surface area (Å²) in [7, 11) is 1.53. The van der Waals surface area contributed by atoms with E-state index in [9.17, 15) is 4.39 Å². The standard InChI is InChI=1S/C12H12FN3O/c1-17-9-2-3-10(13)11(7-9)16-8-4-5-15-12(14)6-8/h2-7H,1H3,(H3,14,15,16). The Morgan fingerprint density at radius 2 is 2.12 bits per heavy atom. The SMILES string of the molecule is COc1ccc(F)c(Nc2ccnc(N)c2)c1. The van der Waals surface area contributed by atoms with Gasteiger partial charge in [-0.05, 0) is 18.2 Å². The molecular formula is C12H12FN3O. The van der Waals surface area contributed by atoms with E-state index >= 15 is 0 Å². The Kier molecular flexibility index (Phi) is 3.09. The second-order valence-electron chi connectivity index (χ2n) is 3.44. The van der Waals surface area contributed by atoms with E-state index < -0.39 is 0 Å². The summed E-state index contributed by atoms with van der Waals surface area (Å²) in [6.07, 6.45) is 1.55. The lowest BCUT2D eigenvalue weighted by Crippen LogP contribution is -1.97. The zero-order valence-corrected chi connectivity index (χ0v) is 9.27. The van der Waals surface area contributed by atoms with Crippen LogP contribution in [0.4, 0.5) is 21.6 Å². The zero-order chi connectivity index (χ0) is 12.3. The van der Waals surface area contributed by atoms with Crippen molar-refractivity contribution in [2.75, 3.05) is 18.2 Å². The number of pyridine rings is 1. The number of aromatic nitrogens is 1. The number of anilines is 3. The number of nitrogen functional groups attached to an aromatic ring is 1. The average molecular weight is 233 g/mol. The molecule has 0 amide bonds. The molecule has 0 saturated carbocycles. The van der Waals surface area contributed by atoms with Gasteiger partial charge in [-0.15, -0.1) is 0 Å². The fourth-order valence-corrected chi connectivity index (χ4v) is 1.41. The summed E-state index contributed by atoms with van der Waals surface area (Å²) in [4.78, 5) is 3.86. The van der Waals surface area contributed by atoms with Gasteiger partial charge in [-0.3, -0.25) is 0 Å². The van der Waals surface area contributed by atoms with Gasteiger partial charge >= 0.3 is 0 Å².